The van der Waals surface area contributed by atoms with E-state index in [4.69, 9.17) is 28.3 Å². The molecule has 0 saturated heterocycles. The third-order valence-corrected chi connectivity index (χ3v) is 3.02. The van der Waals surface area contributed by atoms with Crippen molar-refractivity contribution < 1.29 is 24.2 Å². The molecule has 110 valence electrons. The molecular weight excluding hydrogens is 312 g/mol. The van der Waals surface area contributed by atoms with Gasteiger partial charge in [0, 0.05) is 6.54 Å². The second-order valence-electron chi connectivity index (χ2n) is 4.50. The molecule has 1 atom stereocenters. The molecule has 0 aliphatic carbocycles. The summed E-state index contributed by atoms with van der Waals surface area (Å²) in [7, 11) is 0. The van der Waals surface area contributed by atoms with Gasteiger partial charge in [-0.05, 0) is 19.1 Å². The van der Waals surface area contributed by atoms with Crippen LogP contribution in [-0.4, -0.2) is 34.2 Å². The molecule has 3 N–H and O–H groups in total. The third-order valence-electron chi connectivity index (χ3n) is 2.42. The lowest BCUT2D eigenvalue weighted by atomic mass is 10.0. The molecular formula is C12H12Cl2FNO4. The molecule has 0 fully saturated rings. The van der Waals surface area contributed by atoms with Crippen LogP contribution in [0.3, 0.4) is 0 Å². The Bertz CT molecular complexity index is 549. The van der Waals surface area contributed by atoms with E-state index in [-0.39, 0.29) is 22.2 Å². The molecule has 20 heavy (non-hydrogen) atoms. The van der Waals surface area contributed by atoms with Crippen LogP contribution in [0.25, 0.3) is 0 Å². The van der Waals surface area contributed by atoms with E-state index < -0.39 is 29.7 Å². The number of rotatable bonds is 5. The molecule has 0 heterocycles. The van der Waals surface area contributed by atoms with Gasteiger partial charge in [0.25, 0.3) is 5.91 Å². The molecule has 1 unspecified atom stereocenters. The van der Waals surface area contributed by atoms with Crippen LogP contribution in [0.1, 0.15) is 23.7 Å². The number of amides is 1. The van der Waals surface area contributed by atoms with Crippen LogP contribution in [0.2, 0.25) is 10.0 Å². The Labute approximate surface area is 124 Å². The lowest BCUT2D eigenvalue weighted by molar-refractivity contribution is -0.141. The van der Waals surface area contributed by atoms with Crippen molar-refractivity contribution in [2.24, 2.45) is 0 Å². The minimum absolute atomic E-state index is 0.0493. The second kappa shape index (κ2) is 6.39. The number of halogens is 3. The number of hydrogen-bond acceptors (Lipinski definition) is 3. The van der Waals surface area contributed by atoms with Crippen molar-refractivity contribution in [3.63, 3.8) is 0 Å². The highest BCUT2D eigenvalue weighted by Gasteiger charge is 2.25. The first-order valence-electron chi connectivity index (χ1n) is 5.49. The van der Waals surface area contributed by atoms with E-state index in [1.165, 1.54) is 6.92 Å². The van der Waals surface area contributed by atoms with Gasteiger partial charge in [-0.3, -0.25) is 9.59 Å². The zero-order valence-electron chi connectivity index (χ0n) is 10.4. The zero-order valence-corrected chi connectivity index (χ0v) is 11.9. The lowest BCUT2D eigenvalue weighted by Crippen LogP contribution is -2.42. The molecule has 1 aromatic rings. The SMILES string of the molecule is CC(O)(CNC(=O)c1cc(F)c(Cl)cc1Cl)CC(=O)O. The number of benzene rings is 1. The normalized spacial score (nSPS) is 13.7. The van der Waals surface area contributed by atoms with Gasteiger partial charge in [-0.1, -0.05) is 23.2 Å². The van der Waals surface area contributed by atoms with Gasteiger partial charge in [-0.25, -0.2) is 4.39 Å². The minimum atomic E-state index is -1.63. The Morgan fingerprint density at radius 2 is 1.95 bits per heavy atom. The second-order valence-corrected chi connectivity index (χ2v) is 5.31. The fourth-order valence-corrected chi connectivity index (χ4v) is 1.92. The topological polar surface area (TPSA) is 86.6 Å². The average Bonchev–Trinajstić information content (AvgIpc) is 2.29. The standard InChI is InChI=1S/C12H12Cl2FNO4/c1-12(20,4-10(17)18)5-16-11(19)6-2-9(15)8(14)3-7(6)13/h2-3,20H,4-5H2,1H3,(H,16,19)(H,17,18). The predicted molar refractivity (Wildman–Crippen MR) is 71.6 cm³/mol. The quantitative estimate of drug-likeness (QED) is 0.724. The van der Waals surface area contributed by atoms with Gasteiger partial charge in [0.2, 0.25) is 0 Å². The Morgan fingerprint density at radius 3 is 2.50 bits per heavy atom. The van der Waals surface area contributed by atoms with Gasteiger partial charge >= 0.3 is 5.97 Å². The van der Waals surface area contributed by atoms with E-state index in [9.17, 15) is 19.1 Å². The van der Waals surface area contributed by atoms with Crippen LogP contribution in [0.4, 0.5) is 4.39 Å². The van der Waals surface area contributed by atoms with Crippen molar-refractivity contribution in [3.8, 4) is 0 Å². The Kier molecular flexibility index (Phi) is 5.33. The summed E-state index contributed by atoms with van der Waals surface area (Å²) in [5, 5.41) is 20.3. The highest BCUT2D eigenvalue weighted by atomic mass is 35.5. The Hall–Kier alpha value is -1.37. The molecule has 8 heteroatoms. The number of aliphatic hydroxyl groups is 1. The monoisotopic (exact) mass is 323 g/mol. The van der Waals surface area contributed by atoms with Gasteiger partial charge in [-0.2, -0.15) is 0 Å². The number of aliphatic carboxylic acids is 1. The molecule has 0 saturated carbocycles. The fraction of sp³-hybridized carbons (Fsp3) is 0.333. The Balaban J connectivity index is 2.78. The summed E-state index contributed by atoms with van der Waals surface area (Å²) in [6, 6.07) is 1.95. The number of carboxylic acid groups (broad SMARTS) is 1. The van der Waals surface area contributed by atoms with Crippen molar-refractivity contribution in [1.29, 1.82) is 0 Å². The van der Waals surface area contributed by atoms with E-state index in [1.807, 2.05) is 0 Å². The summed E-state index contributed by atoms with van der Waals surface area (Å²) in [6.45, 7) is 0.935. The van der Waals surface area contributed by atoms with Crippen molar-refractivity contribution in [2.75, 3.05) is 6.54 Å². The summed E-state index contributed by atoms with van der Waals surface area (Å²) in [6.07, 6.45) is -0.546. The maximum absolute atomic E-state index is 13.3. The molecule has 0 aromatic heterocycles. The van der Waals surface area contributed by atoms with E-state index in [1.54, 1.807) is 0 Å². The van der Waals surface area contributed by atoms with Crippen molar-refractivity contribution >= 4 is 35.1 Å². The highest BCUT2D eigenvalue weighted by Crippen LogP contribution is 2.24. The molecule has 1 rings (SSSR count). The summed E-state index contributed by atoms with van der Waals surface area (Å²) < 4.78 is 13.3. The van der Waals surface area contributed by atoms with Gasteiger partial charge in [0.1, 0.15) is 5.82 Å². The maximum atomic E-state index is 13.3. The molecule has 0 aliphatic rings. The van der Waals surface area contributed by atoms with Gasteiger partial charge in [0.15, 0.2) is 0 Å². The number of carbonyl (C=O) groups is 2. The number of carboxylic acids is 1. The number of nitrogens with one attached hydrogen (secondary N) is 1. The molecule has 5 nitrogen and oxygen atoms in total. The van der Waals surface area contributed by atoms with E-state index in [0.717, 1.165) is 12.1 Å². The van der Waals surface area contributed by atoms with Gasteiger partial charge < -0.3 is 15.5 Å². The summed E-state index contributed by atoms with van der Waals surface area (Å²) in [5.74, 6) is -2.76. The Morgan fingerprint density at radius 1 is 1.35 bits per heavy atom. The fourth-order valence-electron chi connectivity index (χ4n) is 1.45. The van der Waals surface area contributed by atoms with Crippen LogP contribution in [0.15, 0.2) is 12.1 Å². The lowest BCUT2D eigenvalue weighted by Gasteiger charge is -2.21. The van der Waals surface area contributed by atoms with E-state index in [0.29, 0.717) is 0 Å². The van der Waals surface area contributed by atoms with Crippen molar-refractivity contribution in [2.45, 2.75) is 18.9 Å². The van der Waals surface area contributed by atoms with Crippen LogP contribution in [-0.2, 0) is 4.79 Å². The zero-order chi connectivity index (χ0) is 15.5. The van der Waals surface area contributed by atoms with Gasteiger partial charge in [0.05, 0.1) is 27.6 Å². The molecule has 0 bridgehead atoms. The summed E-state index contributed by atoms with van der Waals surface area (Å²) in [4.78, 5) is 22.3. The largest absolute Gasteiger partial charge is 0.481 e. The average molecular weight is 324 g/mol. The van der Waals surface area contributed by atoms with E-state index in [2.05, 4.69) is 5.32 Å². The van der Waals surface area contributed by atoms with Crippen LogP contribution in [0, 0.1) is 5.82 Å². The molecule has 0 spiro atoms. The summed E-state index contributed by atoms with van der Waals surface area (Å²) in [5.41, 5.74) is -1.78. The number of hydrogen-bond donors (Lipinski definition) is 3. The first kappa shape index (κ1) is 16.7. The van der Waals surface area contributed by atoms with Crippen LogP contribution >= 0.6 is 23.2 Å². The first-order valence-corrected chi connectivity index (χ1v) is 6.25. The molecule has 0 aliphatic heterocycles. The summed E-state index contributed by atoms with van der Waals surface area (Å²) >= 11 is 11.3. The smallest absolute Gasteiger partial charge is 0.306 e. The van der Waals surface area contributed by atoms with Gasteiger partial charge in [-0.15, -0.1) is 0 Å². The van der Waals surface area contributed by atoms with Crippen LogP contribution < -0.4 is 5.32 Å². The molecule has 1 aromatic carbocycles. The predicted octanol–water partition coefficient (Wildman–Crippen LogP) is 2.09. The first-order chi connectivity index (χ1) is 9.12. The maximum Gasteiger partial charge on any atom is 0.306 e. The van der Waals surface area contributed by atoms with Crippen molar-refractivity contribution in [1.82, 2.24) is 5.32 Å². The van der Waals surface area contributed by atoms with E-state index >= 15 is 0 Å². The molecule has 1 amide bonds. The van der Waals surface area contributed by atoms with Crippen LogP contribution in [0.5, 0.6) is 0 Å². The molecule has 0 radical (unpaired) electrons. The number of carbonyl (C=O) groups excluding carboxylic acids is 1. The van der Waals surface area contributed by atoms with Crippen molar-refractivity contribution in [3.05, 3.63) is 33.6 Å². The highest BCUT2D eigenvalue weighted by molar-refractivity contribution is 6.36. The third kappa shape index (κ3) is 4.63. The minimum Gasteiger partial charge on any atom is -0.481 e.